The number of rotatable bonds is 2. The molecule has 0 amide bonds. The van der Waals surface area contributed by atoms with Crippen LogP contribution in [0.15, 0.2) is 48.5 Å². The molecule has 0 aromatic heterocycles. The minimum absolute atomic E-state index is 0.157. The summed E-state index contributed by atoms with van der Waals surface area (Å²) in [6.45, 7) is 0. The van der Waals surface area contributed by atoms with E-state index in [1.165, 1.54) is 0 Å². The summed E-state index contributed by atoms with van der Waals surface area (Å²) >= 11 is 0. The third kappa shape index (κ3) is 1.77. The average molecular weight is 254 g/mol. The van der Waals surface area contributed by atoms with Crippen LogP contribution in [0.5, 0.6) is 5.75 Å². The highest BCUT2D eigenvalue weighted by Crippen LogP contribution is 2.39. The fourth-order valence-electron chi connectivity index (χ4n) is 2.34. The van der Waals surface area contributed by atoms with Gasteiger partial charge in [-0.15, -0.1) is 0 Å². The van der Waals surface area contributed by atoms with Crippen LogP contribution in [0.4, 0.5) is 5.69 Å². The maximum Gasteiger partial charge on any atom is 0.191 e. The van der Waals surface area contributed by atoms with Crippen molar-refractivity contribution in [1.29, 1.82) is 0 Å². The van der Waals surface area contributed by atoms with E-state index in [1.54, 1.807) is 55.6 Å². The van der Waals surface area contributed by atoms with Gasteiger partial charge in [-0.2, -0.15) is 0 Å². The molecule has 1 unspecified atom stereocenters. The zero-order valence-electron chi connectivity index (χ0n) is 10.4. The molecule has 3 rings (SSSR count). The number of ketones is 1. The molecule has 2 aromatic rings. The number of hydrogen-bond donors (Lipinski definition) is 0. The van der Waals surface area contributed by atoms with Crippen LogP contribution in [0.3, 0.4) is 0 Å². The first-order valence-electron chi connectivity index (χ1n) is 5.96. The van der Waals surface area contributed by atoms with E-state index >= 15 is 0 Å². The maximum absolute atomic E-state index is 12.3. The van der Waals surface area contributed by atoms with Gasteiger partial charge < -0.3 is 15.0 Å². The largest absolute Gasteiger partial charge is 0.758 e. The van der Waals surface area contributed by atoms with E-state index in [2.05, 4.69) is 0 Å². The van der Waals surface area contributed by atoms with Crippen molar-refractivity contribution in [3.05, 3.63) is 64.9 Å². The van der Waals surface area contributed by atoms with Gasteiger partial charge in [-0.25, -0.2) is 0 Å². The Hall–Kier alpha value is -2.33. The predicted molar refractivity (Wildman–Crippen MR) is 72.4 cm³/mol. The number of benzene rings is 2. The number of nitrogens with zero attached hydrogens (tertiary/aromatic N) is 1. The normalized spacial score (nSPS) is 17.5. The standard InChI is InChI=1S/C15H12NO3/c1-19-11-8-6-10(7-9-11)14-15(17)12-4-2-3-5-13(12)16(14)18/h2-9,14H,1H3/q-1. The van der Waals surface area contributed by atoms with Crippen LogP contribution in [-0.4, -0.2) is 12.9 Å². The van der Waals surface area contributed by atoms with Gasteiger partial charge in [0.1, 0.15) is 11.8 Å². The van der Waals surface area contributed by atoms with Crippen LogP contribution in [0.25, 0.3) is 0 Å². The highest BCUT2D eigenvalue weighted by atomic mass is 16.5. The molecule has 0 spiro atoms. The van der Waals surface area contributed by atoms with E-state index in [-0.39, 0.29) is 5.78 Å². The maximum atomic E-state index is 12.3. The molecule has 0 saturated carbocycles. The molecule has 1 aliphatic rings. The highest BCUT2D eigenvalue weighted by Gasteiger charge is 2.32. The molecule has 1 atom stereocenters. The Labute approximate surface area is 110 Å². The molecule has 1 aliphatic heterocycles. The monoisotopic (exact) mass is 254 g/mol. The van der Waals surface area contributed by atoms with E-state index in [0.29, 0.717) is 22.6 Å². The molecule has 4 nitrogen and oxygen atoms in total. The van der Waals surface area contributed by atoms with Crippen LogP contribution in [0.2, 0.25) is 0 Å². The van der Waals surface area contributed by atoms with Crippen LogP contribution in [-0.2, 0) is 0 Å². The number of hydroxylamine groups is 1. The summed E-state index contributed by atoms with van der Waals surface area (Å²) < 4.78 is 5.07. The fraction of sp³-hybridized carbons (Fsp3) is 0.133. The third-order valence-electron chi connectivity index (χ3n) is 3.32. The van der Waals surface area contributed by atoms with Gasteiger partial charge in [-0.3, -0.25) is 4.79 Å². The van der Waals surface area contributed by atoms with Crippen molar-refractivity contribution in [3.8, 4) is 5.75 Å². The number of methoxy groups -OCH3 is 1. The predicted octanol–water partition coefficient (Wildman–Crippen LogP) is 2.94. The SMILES string of the molecule is COc1ccc(C2C(=O)c3ccccc3N2[O-])cc1. The zero-order chi connectivity index (χ0) is 13.4. The molecule has 1 heterocycles. The van der Waals surface area contributed by atoms with E-state index in [1.807, 2.05) is 0 Å². The number of ether oxygens (including phenoxy) is 1. The van der Waals surface area contributed by atoms with Gasteiger partial charge in [-0.1, -0.05) is 24.3 Å². The molecular weight excluding hydrogens is 242 g/mol. The summed E-state index contributed by atoms with van der Waals surface area (Å²) in [6, 6.07) is 13.1. The quantitative estimate of drug-likeness (QED) is 0.826. The molecule has 4 heteroatoms. The van der Waals surface area contributed by atoms with E-state index in [4.69, 9.17) is 4.74 Å². The number of carbonyl (C=O) groups is 1. The minimum Gasteiger partial charge on any atom is -0.758 e. The van der Waals surface area contributed by atoms with Gasteiger partial charge in [0.05, 0.1) is 7.11 Å². The van der Waals surface area contributed by atoms with Crippen molar-refractivity contribution in [2.75, 3.05) is 12.2 Å². The zero-order valence-corrected chi connectivity index (χ0v) is 10.4. The van der Waals surface area contributed by atoms with Gasteiger partial charge in [-0.05, 0) is 29.8 Å². The molecule has 0 bridgehead atoms. The summed E-state index contributed by atoms with van der Waals surface area (Å²) in [5.41, 5.74) is 1.60. The van der Waals surface area contributed by atoms with Gasteiger partial charge in [0.2, 0.25) is 0 Å². The number of Topliss-reactive ketones (excluding diaryl/α,β-unsaturated/α-hetero) is 1. The van der Waals surface area contributed by atoms with Gasteiger partial charge in [0.15, 0.2) is 5.78 Å². The summed E-state index contributed by atoms with van der Waals surface area (Å²) in [5.74, 6) is 0.542. The number of hydrogen-bond acceptors (Lipinski definition) is 4. The van der Waals surface area contributed by atoms with Crippen molar-refractivity contribution < 1.29 is 9.53 Å². The second-order valence-corrected chi connectivity index (χ2v) is 4.38. The molecule has 0 fully saturated rings. The first-order chi connectivity index (χ1) is 9.22. The van der Waals surface area contributed by atoms with E-state index in [9.17, 15) is 10.0 Å². The van der Waals surface area contributed by atoms with Gasteiger partial charge >= 0.3 is 0 Å². The minimum atomic E-state index is -0.789. The molecule has 96 valence electrons. The summed E-state index contributed by atoms with van der Waals surface area (Å²) in [5, 5.41) is 13.0. The first-order valence-corrected chi connectivity index (χ1v) is 5.96. The molecule has 0 saturated heterocycles. The van der Waals surface area contributed by atoms with Crippen LogP contribution < -0.4 is 9.80 Å². The van der Waals surface area contributed by atoms with Crippen molar-refractivity contribution in [1.82, 2.24) is 0 Å². The summed E-state index contributed by atoms with van der Waals surface area (Å²) in [6.07, 6.45) is 0. The first kappa shape index (κ1) is 11.7. The number of carbonyl (C=O) groups excluding carboxylic acids is 1. The Balaban J connectivity index is 2.01. The molecule has 2 aromatic carbocycles. The smallest absolute Gasteiger partial charge is 0.191 e. The Morgan fingerprint density at radius 3 is 2.42 bits per heavy atom. The Morgan fingerprint density at radius 1 is 1.11 bits per heavy atom. The lowest BCUT2D eigenvalue weighted by Gasteiger charge is -2.32. The third-order valence-corrected chi connectivity index (χ3v) is 3.32. The van der Waals surface area contributed by atoms with Crippen LogP contribution >= 0.6 is 0 Å². The highest BCUT2D eigenvalue weighted by molar-refractivity contribution is 6.11. The van der Waals surface area contributed by atoms with Crippen LogP contribution in [0.1, 0.15) is 22.0 Å². The topological polar surface area (TPSA) is 52.6 Å². The van der Waals surface area contributed by atoms with Gasteiger partial charge in [0, 0.05) is 11.3 Å². The van der Waals surface area contributed by atoms with Crippen molar-refractivity contribution in [2.24, 2.45) is 0 Å². The van der Waals surface area contributed by atoms with Crippen molar-refractivity contribution >= 4 is 11.5 Å². The van der Waals surface area contributed by atoms with Gasteiger partial charge in [0.25, 0.3) is 0 Å². The molecule has 0 aliphatic carbocycles. The molecule has 0 radical (unpaired) electrons. The molecular formula is C15H12NO3-. The van der Waals surface area contributed by atoms with Crippen LogP contribution in [0, 0.1) is 5.21 Å². The number of anilines is 1. The second-order valence-electron chi connectivity index (χ2n) is 4.38. The average Bonchev–Trinajstić information content (AvgIpc) is 2.72. The second kappa shape index (κ2) is 4.40. The van der Waals surface area contributed by atoms with E-state index in [0.717, 1.165) is 5.06 Å². The fourth-order valence-corrected chi connectivity index (χ4v) is 2.34. The summed E-state index contributed by atoms with van der Waals surface area (Å²) in [4.78, 5) is 12.3. The molecule has 19 heavy (non-hydrogen) atoms. The number of para-hydroxylation sites is 1. The van der Waals surface area contributed by atoms with E-state index < -0.39 is 6.04 Å². The Kier molecular flexibility index (Phi) is 2.72. The van der Waals surface area contributed by atoms with Crippen molar-refractivity contribution in [2.45, 2.75) is 6.04 Å². The summed E-state index contributed by atoms with van der Waals surface area (Å²) in [7, 11) is 1.57. The van der Waals surface area contributed by atoms with Crippen molar-refractivity contribution in [3.63, 3.8) is 0 Å². The lowest BCUT2D eigenvalue weighted by molar-refractivity contribution is 0.0973. The Bertz CT molecular complexity index is 622. The Morgan fingerprint density at radius 2 is 1.79 bits per heavy atom. The lowest BCUT2D eigenvalue weighted by Crippen LogP contribution is -2.21. The molecule has 0 N–H and O–H groups in total. The number of fused-ring (bicyclic) bond motifs is 1. The lowest BCUT2D eigenvalue weighted by atomic mass is 10.0.